The molecule has 0 spiro atoms. The predicted molar refractivity (Wildman–Crippen MR) is 102 cm³/mol. The first-order valence-corrected chi connectivity index (χ1v) is 9.02. The number of benzene rings is 2. The van der Waals surface area contributed by atoms with E-state index in [1.54, 1.807) is 12.1 Å². The molecular weight excluding hydrogens is 310 g/mol. The first-order chi connectivity index (χ1) is 12.1. The van der Waals surface area contributed by atoms with Gasteiger partial charge in [-0.05, 0) is 43.0 Å². The van der Waals surface area contributed by atoms with E-state index in [9.17, 15) is 4.79 Å². The van der Waals surface area contributed by atoms with Gasteiger partial charge in [-0.3, -0.25) is 0 Å². The minimum atomic E-state index is -0.889. The van der Waals surface area contributed by atoms with Crippen molar-refractivity contribution in [2.45, 2.75) is 45.4 Å². The number of aromatic carboxylic acids is 1. The van der Waals surface area contributed by atoms with Gasteiger partial charge < -0.3 is 10.1 Å². The maximum atomic E-state index is 11.2. The Morgan fingerprint density at radius 2 is 1.76 bits per heavy atom. The third-order valence-corrected chi connectivity index (χ3v) is 5.26. The maximum absolute atomic E-state index is 11.2. The van der Waals surface area contributed by atoms with Gasteiger partial charge in [0.2, 0.25) is 0 Å². The van der Waals surface area contributed by atoms with Gasteiger partial charge in [-0.1, -0.05) is 56.2 Å². The van der Waals surface area contributed by atoms with E-state index in [0.29, 0.717) is 5.56 Å². The fraction of sp³-hybridized carbons (Fsp3) is 0.318. The molecule has 1 aliphatic carbocycles. The predicted octanol–water partition coefficient (Wildman–Crippen LogP) is 5.67. The van der Waals surface area contributed by atoms with E-state index in [-0.39, 0.29) is 5.41 Å². The minimum Gasteiger partial charge on any atom is -0.478 e. The van der Waals surface area contributed by atoms with Gasteiger partial charge in [0.1, 0.15) is 0 Å². The van der Waals surface area contributed by atoms with Crippen LogP contribution in [0.3, 0.4) is 0 Å². The third-order valence-electron chi connectivity index (χ3n) is 5.26. The molecule has 0 atom stereocenters. The monoisotopic (exact) mass is 335 g/mol. The van der Waals surface area contributed by atoms with Crippen molar-refractivity contribution in [2.75, 3.05) is 0 Å². The Bertz CT molecular complexity index is 886. The lowest BCUT2D eigenvalue weighted by Crippen LogP contribution is -2.35. The second-order valence-electron chi connectivity index (χ2n) is 6.57. The zero-order valence-electron chi connectivity index (χ0n) is 15.1. The number of aromatic nitrogens is 1. The van der Waals surface area contributed by atoms with Crippen LogP contribution in [0.15, 0.2) is 48.7 Å². The number of rotatable bonds is 3. The minimum absolute atomic E-state index is 0.0662. The van der Waals surface area contributed by atoms with Crippen LogP contribution in [0.25, 0.3) is 10.9 Å². The van der Waals surface area contributed by atoms with Crippen molar-refractivity contribution in [3.05, 3.63) is 70.9 Å². The molecule has 2 N–H and O–H groups in total. The molecule has 0 unspecified atom stereocenters. The number of aromatic amines is 1. The molecule has 1 heterocycles. The number of hydrogen-bond donors (Lipinski definition) is 2. The van der Waals surface area contributed by atoms with Crippen molar-refractivity contribution in [2.24, 2.45) is 0 Å². The SMILES string of the molecule is CC.Cc1ccc(C2(c3c[nH]c4cc(C(=O)O)ccc34)CCC2)cc1. The quantitative estimate of drug-likeness (QED) is 0.648. The normalized spacial score (nSPS) is 15.2. The molecule has 1 fully saturated rings. The van der Waals surface area contributed by atoms with E-state index in [0.717, 1.165) is 23.7 Å². The molecule has 0 amide bonds. The van der Waals surface area contributed by atoms with Crippen molar-refractivity contribution in [3.63, 3.8) is 0 Å². The summed E-state index contributed by atoms with van der Waals surface area (Å²) < 4.78 is 0. The van der Waals surface area contributed by atoms with Crippen molar-refractivity contribution < 1.29 is 9.90 Å². The van der Waals surface area contributed by atoms with Crippen LogP contribution in [0.1, 0.15) is 60.2 Å². The van der Waals surface area contributed by atoms with Gasteiger partial charge in [0.25, 0.3) is 0 Å². The first-order valence-electron chi connectivity index (χ1n) is 9.02. The van der Waals surface area contributed by atoms with Crippen LogP contribution in [0, 0.1) is 6.92 Å². The van der Waals surface area contributed by atoms with E-state index in [1.165, 1.54) is 23.1 Å². The van der Waals surface area contributed by atoms with Gasteiger partial charge in [0.15, 0.2) is 0 Å². The number of hydrogen-bond acceptors (Lipinski definition) is 1. The van der Waals surface area contributed by atoms with Gasteiger partial charge in [0, 0.05) is 22.5 Å². The highest BCUT2D eigenvalue weighted by atomic mass is 16.4. The molecule has 0 bridgehead atoms. The van der Waals surface area contributed by atoms with Crippen LogP contribution in [-0.2, 0) is 5.41 Å². The fourth-order valence-electron chi connectivity index (χ4n) is 3.77. The lowest BCUT2D eigenvalue weighted by Gasteiger charge is -2.42. The Hall–Kier alpha value is -2.55. The summed E-state index contributed by atoms with van der Waals surface area (Å²) >= 11 is 0. The molecule has 0 radical (unpaired) electrons. The van der Waals surface area contributed by atoms with Gasteiger partial charge in [-0.25, -0.2) is 4.79 Å². The summed E-state index contributed by atoms with van der Waals surface area (Å²) in [5.41, 5.74) is 5.21. The third kappa shape index (κ3) is 2.84. The van der Waals surface area contributed by atoms with Gasteiger partial charge >= 0.3 is 5.97 Å². The van der Waals surface area contributed by atoms with Crippen molar-refractivity contribution in [1.82, 2.24) is 4.98 Å². The number of nitrogens with one attached hydrogen (secondary N) is 1. The number of carbonyl (C=O) groups is 1. The molecule has 3 nitrogen and oxygen atoms in total. The zero-order chi connectivity index (χ0) is 18.0. The number of aryl methyl sites for hydroxylation is 1. The van der Waals surface area contributed by atoms with Gasteiger partial charge in [-0.15, -0.1) is 0 Å². The Morgan fingerprint density at radius 1 is 1.08 bits per heavy atom. The molecule has 130 valence electrons. The smallest absolute Gasteiger partial charge is 0.335 e. The summed E-state index contributed by atoms with van der Waals surface area (Å²) in [4.78, 5) is 14.4. The second-order valence-corrected chi connectivity index (χ2v) is 6.57. The summed E-state index contributed by atoms with van der Waals surface area (Å²) in [6.07, 6.45) is 5.58. The molecule has 3 aromatic rings. The van der Waals surface area contributed by atoms with Crippen LogP contribution in [0.4, 0.5) is 0 Å². The summed E-state index contributed by atoms with van der Waals surface area (Å²) in [5.74, 6) is -0.889. The number of H-pyrrole nitrogens is 1. The van der Waals surface area contributed by atoms with Crippen molar-refractivity contribution >= 4 is 16.9 Å². The zero-order valence-corrected chi connectivity index (χ0v) is 15.1. The average molecular weight is 335 g/mol. The molecule has 1 aromatic heterocycles. The summed E-state index contributed by atoms with van der Waals surface area (Å²) in [5, 5.41) is 10.3. The topological polar surface area (TPSA) is 53.1 Å². The van der Waals surface area contributed by atoms with Crippen LogP contribution in [0.5, 0.6) is 0 Å². The van der Waals surface area contributed by atoms with E-state index >= 15 is 0 Å². The van der Waals surface area contributed by atoms with Gasteiger partial charge in [0.05, 0.1) is 5.56 Å². The highest BCUT2D eigenvalue weighted by Crippen LogP contribution is 2.51. The maximum Gasteiger partial charge on any atom is 0.335 e. The molecular formula is C22H25NO2. The Morgan fingerprint density at radius 3 is 2.32 bits per heavy atom. The number of fused-ring (bicyclic) bond motifs is 1. The van der Waals surface area contributed by atoms with Crippen molar-refractivity contribution in [3.8, 4) is 0 Å². The lowest BCUT2D eigenvalue weighted by atomic mass is 9.60. The number of carboxylic acids is 1. The van der Waals surface area contributed by atoms with Crippen LogP contribution in [-0.4, -0.2) is 16.1 Å². The lowest BCUT2D eigenvalue weighted by molar-refractivity contribution is 0.0697. The van der Waals surface area contributed by atoms with Crippen LogP contribution in [0.2, 0.25) is 0 Å². The van der Waals surface area contributed by atoms with Gasteiger partial charge in [-0.2, -0.15) is 0 Å². The molecule has 4 rings (SSSR count). The van der Waals surface area contributed by atoms with E-state index in [2.05, 4.69) is 42.4 Å². The Labute approximate surface area is 148 Å². The molecule has 25 heavy (non-hydrogen) atoms. The van der Waals surface area contributed by atoms with E-state index in [1.807, 2.05) is 19.9 Å². The molecule has 1 aliphatic rings. The molecule has 1 saturated carbocycles. The second kappa shape index (κ2) is 6.75. The number of carboxylic acid groups (broad SMARTS) is 1. The molecule has 3 heteroatoms. The fourth-order valence-corrected chi connectivity index (χ4v) is 3.77. The molecule has 0 saturated heterocycles. The first kappa shape index (κ1) is 17.3. The van der Waals surface area contributed by atoms with E-state index < -0.39 is 5.97 Å². The summed E-state index contributed by atoms with van der Waals surface area (Å²) in [6.45, 7) is 6.11. The van der Waals surface area contributed by atoms with Crippen LogP contribution >= 0.6 is 0 Å². The largest absolute Gasteiger partial charge is 0.478 e. The summed E-state index contributed by atoms with van der Waals surface area (Å²) in [6, 6.07) is 14.2. The van der Waals surface area contributed by atoms with Crippen molar-refractivity contribution in [1.29, 1.82) is 0 Å². The average Bonchev–Trinajstić information content (AvgIpc) is 3.01. The highest BCUT2D eigenvalue weighted by Gasteiger charge is 2.41. The molecule has 0 aliphatic heterocycles. The van der Waals surface area contributed by atoms with Crippen LogP contribution < -0.4 is 0 Å². The molecule has 2 aromatic carbocycles. The van der Waals surface area contributed by atoms with E-state index in [4.69, 9.17) is 5.11 Å². The highest BCUT2D eigenvalue weighted by molar-refractivity contribution is 5.95. The Kier molecular flexibility index (Phi) is 4.67. The standard InChI is InChI=1S/C20H19NO2.C2H6/c1-13-3-6-15(7-4-13)20(9-2-10-20)17-12-21-18-11-14(19(22)23)5-8-16(17)18;1-2/h3-8,11-12,21H,2,9-10H2,1H3,(H,22,23);1-2H3. The summed E-state index contributed by atoms with van der Waals surface area (Å²) in [7, 11) is 0. The Balaban J connectivity index is 0.000000880.